The van der Waals surface area contributed by atoms with Crippen LogP contribution in [0.2, 0.25) is 0 Å². The van der Waals surface area contributed by atoms with Crippen molar-refractivity contribution in [3.63, 3.8) is 0 Å². The van der Waals surface area contributed by atoms with E-state index in [0.717, 1.165) is 12.2 Å². The molecule has 0 radical (unpaired) electrons. The predicted molar refractivity (Wildman–Crippen MR) is 59.1 cm³/mol. The van der Waals surface area contributed by atoms with Gasteiger partial charge in [0.05, 0.1) is 23.1 Å². The molecule has 0 spiro atoms. The third-order valence-electron chi connectivity index (χ3n) is 1.92. The van der Waals surface area contributed by atoms with E-state index in [1.54, 1.807) is 6.92 Å². The van der Waals surface area contributed by atoms with E-state index in [-0.39, 0.29) is 23.1 Å². The zero-order valence-electron chi connectivity index (χ0n) is 8.50. The summed E-state index contributed by atoms with van der Waals surface area (Å²) in [6.45, 7) is 1.86. The van der Waals surface area contributed by atoms with E-state index in [9.17, 15) is 14.7 Å². The molecule has 0 bridgehead atoms. The number of rotatable bonds is 3. The summed E-state index contributed by atoms with van der Waals surface area (Å²) in [5.74, 6) is -1.17. The molecule has 1 aliphatic carbocycles. The summed E-state index contributed by atoms with van der Waals surface area (Å²) in [6.07, 6.45) is 1.83. The number of hydrogen-bond acceptors (Lipinski definition) is 4. The van der Waals surface area contributed by atoms with Crippen LogP contribution in [0.25, 0.3) is 0 Å². The smallest absolute Gasteiger partial charge is 0.309 e. The van der Waals surface area contributed by atoms with Gasteiger partial charge < -0.3 is 9.84 Å². The molecule has 0 atom stereocenters. The maximum absolute atomic E-state index is 11.2. The van der Waals surface area contributed by atoms with Crippen LogP contribution in [0.4, 0.5) is 0 Å². The normalized spacial score (nSPS) is 18.9. The van der Waals surface area contributed by atoms with Gasteiger partial charge in [-0.05, 0) is 19.1 Å². The SMILES string of the molecule is CCOC(=O)CC1(O)C=C(Cl)C(=O)C(Cl)=C1. The predicted octanol–water partition coefficient (Wildman–Crippen LogP) is 1.50. The summed E-state index contributed by atoms with van der Waals surface area (Å²) in [4.78, 5) is 22.4. The van der Waals surface area contributed by atoms with Gasteiger partial charge in [0.2, 0.25) is 5.78 Å². The number of hydrogen-bond donors (Lipinski definition) is 1. The number of aliphatic hydroxyl groups is 1. The Morgan fingerprint density at radius 1 is 1.44 bits per heavy atom. The van der Waals surface area contributed by atoms with E-state index in [0.29, 0.717) is 0 Å². The van der Waals surface area contributed by atoms with Crippen molar-refractivity contribution in [1.82, 2.24) is 0 Å². The minimum absolute atomic E-state index is 0.209. The number of Topliss-reactive ketones (excluding diaryl/α,β-unsaturated/α-hetero) is 1. The Hall–Kier alpha value is -0.840. The van der Waals surface area contributed by atoms with E-state index in [1.165, 1.54) is 0 Å². The molecule has 0 aromatic heterocycles. The number of esters is 1. The van der Waals surface area contributed by atoms with Crippen LogP contribution in [0.1, 0.15) is 13.3 Å². The van der Waals surface area contributed by atoms with Crippen molar-refractivity contribution in [1.29, 1.82) is 0 Å². The summed E-state index contributed by atoms with van der Waals surface area (Å²) >= 11 is 11.2. The summed E-state index contributed by atoms with van der Waals surface area (Å²) < 4.78 is 4.68. The van der Waals surface area contributed by atoms with Gasteiger partial charge in [0.25, 0.3) is 0 Å². The van der Waals surface area contributed by atoms with Crippen LogP contribution in [0.5, 0.6) is 0 Å². The quantitative estimate of drug-likeness (QED) is 0.785. The van der Waals surface area contributed by atoms with Gasteiger partial charge in [-0.25, -0.2) is 0 Å². The molecule has 6 heteroatoms. The van der Waals surface area contributed by atoms with Crippen molar-refractivity contribution in [2.45, 2.75) is 18.9 Å². The standard InChI is InChI=1S/C10H10Cl2O4/c1-2-16-8(13)5-10(15)3-6(11)9(14)7(12)4-10/h3-4,15H,2,5H2,1H3. The lowest BCUT2D eigenvalue weighted by Gasteiger charge is -2.23. The Kier molecular flexibility index (Phi) is 4.13. The fourth-order valence-corrected chi connectivity index (χ4v) is 1.90. The van der Waals surface area contributed by atoms with Gasteiger partial charge in [0, 0.05) is 0 Å². The maximum Gasteiger partial charge on any atom is 0.309 e. The molecule has 0 heterocycles. The van der Waals surface area contributed by atoms with Gasteiger partial charge in [-0.15, -0.1) is 0 Å². The number of ketones is 1. The van der Waals surface area contributed by atoms with Crippen molar-refractivity contribution < 1.29 is 19.4 Å². The minimum Gasteiger partial charge on any atom is -0.466 e. The molecule has 0 unspecified atom stereocenters. The highest BCUT2D eigenvalue weighted by Gasteiger charge is 2.33. The summed E-state index contributed by atoms with van der Waals surface area (Å²) in [6, 6.07) is 0. The van der Waals surface area contributed by atoms with Crippen molar-refractivity contribution in [2.24, 2.45) is 0 Å². The Morgan fingerprint density at radius 2 is 1.94 bits per heavy atom. The van der Waals surface area contributed by atoms with Gasteiger partial charge in [-0.2, -0.15) is 0 Å². The van der Waals surface area contributed by atoms with E-state index in [1.807, 2.05) is 0 Å². The van der Waals surface area contributed by atoms with E-state index in [2.05, 4.69) is 4.74 Å². The summed E-state index contributed by atoms with van der Waals surface area (Å²) in [5, 5.41) is 9.53. The highest BCUT2D eigenvalue weighted by Crippen LogP contribution is 2.29. The zero-order valence-corrected chi connectivity index (χ0v) is 10.0. The topological polar surface area (TPSA) is 63.6 Å². The zero-order chi connectivity index (χ0) is 12.3. The fraction of sp³-hybridized carbons (Fsp3) is 0.400. The fourth-order valence-electron chi connectivity index (χ4n) is 1.27. The second-order valence-corrected chi connectivity index (χ2v) is 4.10. The number of ether oxygens (including phenoxy) is 1. The van der Waals surface area contributed by atoms with E-state index in [4.69, 9.17) is 23.2 Å². The highest BCUT2D eigenvalue weighted by atomic mass is 35.5. The van der Waals surface area contributed by atoms with Crippen molar-refractivity contribution in [2.75, 3.05) is 6.61 Å². The van der Waals surface area contributed by atoms with Crippen LogP contribution >= 0.6 is 23.2 Å². The van der Waals surface area contributed by atoms with Crippen molar-refractivity contribution >= 4 is 35.0 Å². The molecule has 4 nitrogen and oxygen atoms in total. The minimum atomic E-state index is -1.66. The number of halogens is 2. The Morgan fingerprint density at radius 3 is 2.38 bits per heavy atom. The number of allylic oxidation sites excluding steroid dienone is 2. The molecule has 1 aliphatic rings. The number of carbonyl (C=O) groups is 2. The van der Waals surface area contributed by atoms with Crippen molar-refractivity contribution in [3.8, 4) is 0 Å². The molecule has 16 heavy (non-hydrogen) atoms. The second-order valence-electron chi connectivity index (χ2n) is 3.29. The molecule has 0 saturated carbocycles. The van der Waals surface area contributed by atoms with Crippen LogP contribution in [-0.2, 0) is 14.3 Å². The summed E-state index contributed by atoms with van der Waals surface area (Å²) in [5.41, 5.74) is -1.66. The lowest BCUT2D eigenvalue weighted by molar-refractivity contribution is -0.146. The highest BCUT2D eigenvalue weighted by molar-refractivity contribution is 6.55. The average Bonchev–Trinajstić information content (AvgIpc) is 2.13. The average molecular weight is 265 g/mol. The molecule has 0 fully saturated rings. The van der Waals surface area contributed by atoms with Gasteiger partial charge in [-0.1, -0.05) is 23.2 Å². The third-order valence-corrected chi connectivity index (χ3v) is 2.48. The largest absolute Gasteiger partial charge is 0.466 e. The first-order valence-electron chi connectivity index (χ1n) is 4.57. The molecule has 0 saturated heterocycles. The monoisotopic (exact) mass is 264 g/mol. The van der Waals surface area contributed by atoms with E-state index < -0.39 is 17.4 Å². The molecule has 88 valence electrons. The molecule has 0 aromatic rings. The third kappa shape index (κ3) is 3.07. The van der Waals surface area contributed by atoms with Crippen LogP contribution in [-0.4, -0.2) is 29.1 Å². The van der Waals surface area contributed by atoms with Crippen LogP contribution in [0, 0.1) is 0 Å². The van der Waals surface area contributed by atoms with Crippen molar-refractivity contribution in [3.05, 3.63) is 22.2 Å². The Balaban J connectivity index is 2.86. The first kappa shape index (κ1) is 13.2. The van der Waals surface area contributed by atoms with Crippen LogP contribution in [0.15, 0.2) is 22.2 Å². The molecular formula is C10H10Cl2O4. The van der Waals surface area contributed by atoms with E-state index >= 15 is 0 Å². The van der Waals surface area contributed by atoms with Gasteiger partial charge in [-0.3, -0.25) is 9.59 Å². The Bertz CT molecular complexity index is 362. The van der Waals surface area contributed by atoms with Crippen LogP contribution < -0.4 is 0 Å². The molecular weight excluding hydrogens is 255 g/mol. The molecule has 1 rings (SSSR count). The van der Waals surface area contributed by atoms with Gasteiger partial charge in [0.1, 0.15) is 5.60 Å². The van der Waals surface area contributed by atoms with Gasteiger partial charge in [0.15, 0.2) is 0 Å². The molecule has 1 N–H and O–H groups in total. The summed E-state index contributed by atoms with van der Waals surface area (Å²) in [7, 11) is 0. The van der Waals surface area contributed by atoms with Gasteiger partial charge >= 0.3 is 5.97 Å². The second kappa shape index (κ2) is 4.99. The lowest BCUT2D eigenvalue weighted by Crippen LogP contribution is -2.32. The molecule has 0 aliphatic heterocycles. The molecule has 0 aromatic carbocycles. The maximum atomic E-state index is 11.2. The first-order chi connectivity index (χ1) is 7.38. The number of carbonyl (C=O) groups excluding carboxylic acids is 2. The Labute approximate surface area is 102 Å². The van der Waals surface area contributed by atoms with Crippen LogP contribution in [0.3, 0.4) is 0 Å². The first-order valence-corrected chi connectivity index (χ1v) is 5.33. The lowest BCUT2D eigenvalue weighted by atomic mass is 9.94. The molecule has 0 amide bonds.